The average molecular weight is 271 g/mol. The lowest BCUT2D eigenvalue weighted by molar-refractivity contribution is -0.305. The molecule has 4 nitrogen and oxygen atoms in total. The minimum absolute atomic E-state index is 0.0610. The summed E-state index contributed by atoms with van der Waals surface area (Å²) in [6.45, 7) is 0.163. The molecule has 11 heavy (non-hydrogen) atoms. The fourth-order valence-electron chi connectivity index (χ4n) is 0.441. The summed E-state index contributed by atoms with van der Waals surface area (Å²) >= 11 is 1.88. The SMILES string of the molecule is O=C([O-])CCCOC(=O)CI. The van der Waals surface area contributed by atoms with E-state index in [-0.39, 0.29) is 19.0 Å². The first-order chi connectivity index (χ1) is 5.16. The fourth-order valence-corrected chi connectivity index (χ4v) is 0.661. The van der Waals surface area contributed by atoms with Crippen molar-refractivity contribution < 1.29 is 19.4 Å². The number of alkyl halides is 1. The number of aliphatic carboxylic acids is 1. The van der Waals surface area contributed by atoms with Crippen molar-refractivity contribution in [3.8, 4) is 0 Å². The predicted molar refractivity (Wildman–Crippen MR) is 44.1 cm³/mol. The summed E-state index contributed by atoms with van der Waals surface area (Å²) in [7, 11) is 0. The summed E-state index contributed by atoms with van der Waals surface area (Å²) in [5, 5.41) is 9.86. The van der Waals surface area contributed by atoms with Crippen molar-refractivity contribution in [3.05, 3.63) is 0 Å². The van der Waals surface area contributed by atoms with Gasteiger partial charge in [-0.05, 0) is 12.8 Å². The molecule has 5 heteroatoms. The second-order valence-corrected chi connectivity index (χ2v) is 2.59. The predicted octanol–water partition coefficient (Wildman–Crippen LogP) is -0.505. The van der Waals surface area contributed by atoms with E-state index in [1.54, 1.807) is 0 Å². The summed E-state index contributed by atoms with van der Waals surface area (Å²) in [5.41, 5.74) is 0. The Morgan fingerprint density at radius 2 is 2.09 bits per heavy atom. The van der Waals surface area contributed by atoms with Gasteiger partial charge in [-0.25, -0.2) is 0 Å². The van der Waals surface area contributed by atoms with Gasteiger partial charge in [-0.2, -0.15) is 0 Å². The topological polar surface area (TPSA) is 66.4 Å². The summed E-state index contributed by atoms with van der Waals surface area (Å²) in [6, 6.07) is 0. The lowest BCUT2D eigenvalue weighted by atomic mass is 10.3. The van der Waals surface area contributed by atoms with Crippen LogP contribution in [0.1, 0.15) is 12.8 Å². The Hall–Kier alpha value is -0.330. The second kappa shape index (κ2) is 6.38. The molecule has 0 aliphatic carbocycles. The molecular weight excluding hydrogens is 263 g/mol. The molecular formula is C6H8IO4-. The average Bonchev–Trinajstić information content (AvgIpc) is 1.97. The third-order valence-corrected chi connectivity index (χ3v) is 1.52. The Morgan fingerprint density at radius 1 is 1.45 bits per heavy atom. The van der Waals surface area contributed by atoms with E-state index < -0.39 is 5.97 Å². The van der Waals surface area contributed by atoms with E-state index in [1.165, 1.54) is 0 Å². The molecule has 0 spiro atoms. The molecule has 0 aromatic heterocycles. The number of carboxylic acid groups (broad SMARTS) is 1. The third kappa shape index (κ3) is 7.57. The van der Waals surface area contributed by atoms with Gasteiger partial charge in [0.1, 0.15) is 0 Å². The van der Waals surface area contributed by atoms with Crippen LogP contribution in [-0.4, -0.2) is 23.0 Å². The van der Waals surface area contributed by atoms with Crippen molar-refractivity contribution in [1.82, 2.24) is 0 Å². The number of hydrogen-bond acceptors (Lipinski definition) is 4. The van der Waals surface area contributed by atoms with Crippen molar-refractivity contribution >= 4 is 34.5 Å². The van der Waals surface area contributed by atoms with Gasteiger partial charge in [0.15, 0.2) is 0 Å². The number of esters is 1. The maximum Gasteiger partial charge on any atom is 0.315 e. The molecule has 0 bridgehead atoms. The molecule has 0 aliphatic heterocycles. The number of carboxylic acids is 1. The first-order valence-electron chi connectivity index (χ1n) is 3.08. The van der Waals surface area contributed by atoms with Gasteiger partial charge in [0.25, 0.3) is 0 Å². The summed E-state index contributed by atoms with van der Waals surface area (Å²) < 4.78 is 4.90. The maximum absolute atomic E-state index is 10.5. The second-order valence-electron chi connectivity index (χ2n) is 1.83. The molecule has 0 unspecified atom stereocenters. The Labute approximate surface area is 78.1 Å². The molecule has 0 saturated heterocycles. The highest BCUT2D eigenvalue weighted by Gasteiger charge is 1.97. The Balaban J connectivity index is 3.14. The van der Waals surface area contributed by atoms with Gasteiger partial charge in [0.05, 0.1) is 11.0 Å². The molecule has 0 aliphatic rings. The maximum atomic E-state index is 10.5. The van der Waals surface area contributed by atoms with Crippen molar-refractivity contribution in [2.75, 3.05) is 11.0 Å². The van der Waals surface area contributed by atoms with E-state index in [2.05, 4.69) is 4.74 Å². The molecule has 0 fully saturated rings. The van der Waals surface area contributed by atoms with E-state index in [0.29, 0.717) is 10.8 Å². The van der Waals surface area contributed by atoms with E-state index in [9.17, 15) is 14.7 Å². The number of hydrogen-bond donors (Lipinski definition) is 0. The molecule has 0 aromatic carbocycles. The van der Waals surface area contributed by atoms with Crippen LogP contribution in [0, 0.1) is 0 Å². The molecule has 0 rings (SSSR count). The smallest absolute Gasteiger partial charge is 0.315 e. The zero-order valence-electron chi connectivity index (χ0n) is 5.84. The van der Waals surface area contributed by atoms with E-state index >= 15 is 0 Å². The van der Waals surface area contributed by atoms with Crippen LogP contribution in [0.25, 0.3) is 0 Å². The van der Waals surface area contributed by atoms with Crippen molar-refractivity contribution in [1.29, 1.82) is 0 Å². The summed E-state index contributed by atoms with van der Waals surface area (Å²) in [6.07, 6.45) is 0.263. The van der Waals surface area contributed by atoms with Crippen LogP contribution >= 0.6 is 22.6 Å². The zero-order valence-corrected chi connectivity index (χ0v) is 8.00. The third-order valence-electron chi connectivity index (χ3n) is 0.897. The fraction of sp³-hybridized carbons (Fsp3) is 0.667. The Morgan fingerprint density at radius 3 is 2.55 bits per heavy atom. The quantitative estimate of drug-likeness (QED) is 0.292. The van der Waals surface area contributed by atoms with Gasteiger partial charge < -0.3 is 14.6 Å². The van der Waals surface area contributed by atoms with Gasteiger partial charge in [-0.1, -0.05) is 22.6 Å². The lowest BCUT2D eigenvalue weighted by Gasteiger charge is -2.02. The number of rotatable bonds is 5. The van der Waals surface area contributed by atoms with Crippen molar-refractivity contribution in [3.63, 3.8) is 0 Å². The highest BCUT2D eigenvalue weighted by atomic mass is 127. The van der Waals surface area contributed by atoms with Crippen LogP contribution in [0.3, 0.4) is 0 Å². The molecule has 0 radical (unpaired) electrons. The van der Waals surface area contributed by atoms with Crippen molar-refractivity contribution in [2.24, 2.45) is 0 Å². The van der Waals surface area contributed by atoms with Crippen molar-refractivity contribution in [2.45, 2.75) is 12.8 Å². The van der Waals surface area contributed by atoms with E-state index in [1.807, 2.05) is 22.6 Å². The Kier molecular flexibility index (Phi) is 6.19. The highest BCUT2D eigenvalue weighted by Crippen LogP contribution is 1.91. The first-order valence-corrected chi connectivity index (χ1v) is 4.61. The number of carbonyl (C=O) groups excluding carboxylic acids is 2. The van der Waals surface area contributed by atoms with Gasteiger partial charge in [0.2, 0.25) is 0 Å². The van der Waals surface area contributed by atoms with Crippen LogP contribution in [0.5, 0.6) is 0 Å². The van der Waals surface area contributed by atoms with E-state index in [4.69, 9.17) is 0 Å². The van der Waals surface area contributed by atoms with Gasteiger partial charge >= 0.3 is 5.97 Å². The first kappa shape index (κ1) is 10.7. The lowest BCUT2D eigenvalue weighted by Crippen LogP contribution is -2.22. The number of halogens is 1. The molecule has 0 heterocycles. The van der Waals surface area contributed by atoms with Crippen LogP contribution in [-0.2, 0) is 14.3 Å². The highest BCUT2D eigenvalue weighted by molar-refractivity contribution is 14.1. The normalized spacial score (nSPS) is 9.18. The summed E-state index contributed by atoms with van der Waals surface area (Å²) in [5.74, 6) is -1.43. The van der Waals surface area contributed by atoms with Crippen LogP contribution in [0.4, 0.5) is 0 Å². The number of carbonyl (C=O) groups is 2. The standard InChI is InChI=1S/C6H9IO4/c7-4-6(10)11-3-1-2-5(8)9/h1-4H2,(H,8,9)/p-1. The van der Waals surface area contributed by atoms with Gasteiger partial charge in [0, 0.05) is 5.97 Å². The molecule has 0 N–H and O–H groups in total. The van der Waals surface area contributed by atoms with Crippen LogP contribution in [0.15, 0.2) is 0 Å². The van der Waals surface area contributed by atoms with Crippen LogP contribution in [0.2, 0.25) is 0 Å². The Bertz CT molecular complexity index is 146. The summed E-state index contributed by atoms with van der Waals surface area (Å²) in [4.78, 5) is 20.3. The molecule has 0 aromatic rings. The van der Waals surface area contributed by atoms with Crippen LogP contribution < -0.4 is 5.11 Å². The largest absolute Gasteiger partial charge is 0.550 e. The molecule has 0 amide bonds. The monoisotopic (exact) mass is 271 g/mol. The molecule has 64 valence electrons. The zero-order chi connectivity index (χ0) is 8.69. The number of ether oxygens (including phenoxy) is 1. The van der Waals surface area contributed by atoms with Gasteiger partial charge in [-0.3, -0.25) is 4.79 Å². The molecule has 0 saturated carbocycles. The van der Waals surface area contributed by atoms with Gasteiger partial charge in [-0.15, -0.1) is 0 Å². The minimum atomic E-state index is -1.12. The van der Waals surface area contributed by atoms with E-state index in [0.717, 1.165) is 0 Å². The minimum Gasteiger partial charge on any atom is -0.550 e. The molecule has 0 atom stereocenters.